The molecule has 37 heavy (non-hydrogen) atoms. The molecule has 0 aliphatic rings. The smallest absolute Gasteiger partial charge is 0.416 e. The molecule has 1 amide bonds. The molecular formula is C27H23F4N3O2S. The van der Waals surface area contributed by atoms with Gasteiger partial charge in [-0.15, -0.1) is 11.3 Å². The molecule has 10 heteroatoms. The number of hydrogen-bond acceptors (Lipinski definition) is 5. The van der Waals surface area contributed by atoms with E-state index in [2.05, 4.69) is 10.3 Å². The Balaban J connectivity index is 1.51. The monoisotopic (exact) mass is 529 g/mol. The number of aromatic nitrogens is 1. The van der Waals surface area contributed by atoms with Gasteiger partial charge in [-0.3, -0.25) is 9.69 Å². The van der Waals surface area contributed by atoms with E-state index < -0.39 is 23.5 Å². The van der Waals surface area contributed by atoms with Crippen LogP contribution in [0.5, 0.6) is 5.75 Å². The lowest BCUT2D eigenvalue weighted by atomic mass is 10.1. The Labute approximate surface area is 215 Å². The molecule has 0 saturated carbocycles. The van der Waals surface area contributed by atoms with Crippen molar-refractivity contribution < 1.29 is 27.1 Å². The molecule has 1 N–H and O–H groups in total. The van der Waals surface area contributed by atoms with Crippen LogP contribution in [0.2, 0.25) is 0 Å². The average Bonchev–Trinajstić information content (AvgIpc) is 3.34. The summed E-state index contributed by atoms with van der Waals surface area (Å²) in [5, 5.41) is 4.91. The van der Waals surface area contributed by atoms with Crippen molar-refractivity contribution in [1.82, 2.24) is 9.88 Å². The summed E-state index contributed by atoms with van der Waals surface area (Å²) < 4.78 is 58.0. The number of alkyl halides is 3. The highest BCUT2D eigenvalue weighted by molar-refractivity contribution is 7.09. The van der Waals surface area contributed by atoms with Crippen LogP contribution in [0, 0.1) is 5.82 Å². The third kappa shape index (κ3) is 7.37. The van der Waals surface area contributed by atoms with Gasteiger partial charge in [-0.1, -0.05) is 30.3 Å². The van der Waals surface area contributed by atoms with E-state index in [-0.39, 0.29) is 12.2 Å². The summed E-state index contributed by atoms with van der Waals surface area (Å²) in [6, 6.07) is 18.0. The van der Waals surface area contributed by atoms with Crippen molar-refractivity contribution >= 4 is 22.9 Å². The number of amides is 1. The lowest BCUT2D eigenvalue weighted by Crippen LogP contribution is -2.23. The van der Waals surface area contributed by atoms with Crippen LogP contribution in [0.25, 0.3) is 0 Å². The summed E-state index contributed by atoms with van der Waals surface area (Å²) in [6.45, 7) is 1.00. The first-order chi connectivity index (χ1) is 17.7. The molecule has 5 nitrogen and oxygen atoms in total. The summed E-state index contributed by atoms with van der Waals surface area (Å²) >= 11 is 1.28. The fraction of sp³-hybridized carbons (Fsp3) is 0.185. The summed E-state index contributed by atoms with van der Waals surface area (Å²) in [5.41, 5.74) is 1.38. The summed E-state index contributed by atoms with van der Waals surface area (Å²) in [6.07, 6.45) is -4.43. The average molecular weight is 530 g/mol. The second-order valence-electron chi connectivity index (χ2n) is 8.28. The van der Waals surface area contributed by atoms with Gasteiger partial charge < -0.3 is 10.1 Å². The predicted molar refractivity (Wildman–Crippen MR) is 134 cm³/mol. The maximum absolute atomic E-state index is 13.2. The van der Waals surface area contributed by atoms with Gasteiger partial charge in [0.25, 0.3) is 5.91 Å². The third-order valence-corrected chi connectivity index (χ3v) is 6.30. The third-order valence-electron chi connectivity index (χ3n) is 5.47. The van der Waals surface area contributed by atoms with E-state index in [4.69, 9.17) is 4.74 Å². The lowest BCUT2D eigenvalue weighted by Gasteiger charge is -2.22. The van der Waals surface area contributed by atoms with E-state index in [1.807, 2.05) is 29.2 Å². The number of carbonyl (C=O) groups is 1. The molecule has 0 aliphatic carbocycles. The van der Waals surface area contributed by atoms with Crippen LogP contribution in [0.1, 0.15) is 32.2 Å². The van der Waals surface area contributed by atoms with Gasteiger partial charge in [0.2, 0.25) is 0 Å². The van der Waals surface area contributed by atoms with E-state index in [0.717, 1.165) is 17.7 Å². The minimum absolute atomic E-state index is 0.202. The Morgan fingerprint density at radius 3 is 2.35 bits per heavy atom. The highest BCUT2D eigenvalue weighted by Crippen LogP contribution is 2.30. The molecule has 3 aromatic carbocycles. The Hall–Kier alpha value is -3.76. The van der Waals surface area contributed by atoms with Crippen LogP contribution < -0.4 is 10.1 Å². The molecule has 0 fully saturated rings. The topological polar surface area (TPSA) is 54.5 Å². The lowest BCUT2D eigenvalue weighted by molar-refractivity contribution is -0.137. The van der Waals surface area contributed by atoms with Crippen molar-refractivity contribution in [2.75, 3.05) is 12.4 Å². The van der Waals surface area contributed by atoms with Crippen LogP contribution in [0.4, 0.5) is 23.2 Å². The first kappa shape index (κ1) is 26.3. The number of thiazole rings is 1. The molecule has 192 valence electrons. The van der Waals surface area contributed by atoms with Gasteiger partial charge in [0, 0.05) is 24.2 Å². The van der Waals surface area contributed by atoms with Crippen molar-refractivity contribution in [1.29, 1.82) is 0 Å². The largest absolute Gasteiger partial charge is 0.497 e. The molecule has 4 rings (SSSR count). The van der Waals surface area contributed by atoms with Crippen LogP contribution in [0.15, 0.2) is 78.2 Å². The number of nitrogens with one attached hydrogen (secondary N) is 1. The number of carbonyl (C=O) groups excluding carboxylic acids is 1. The van der Waals surface area contributed by atoms with Crippen LogP contribution in [-0.2, 0) is 25.8 Å². The fourth-order valence-electron chi connectivity index (χ4n) is 3.67. The van der Waals surface area contributed by atoms with Crippen LogP contribution >= 0.6 is 11.3 Å². The zero-order chi connectivity index (χ0) is 26.4. The van der Waals surface area contributed by atoms with Crippen molar-refractivity contribution in [3.8, 4) is 5.75 Å². The Morgan fingerprint density at radius 1 is 0.973 bits per heavy atom. The quantitative estimate of drug-likeness (QED) is 0.243. The van der Waals surface area contributed by atoms with Crippen molar-refractivity contribution in [2.24, 2.45) is 0 Å². The Kier molecular flexibility index (Phi) is 8.20. The molecule has 0 radical (unpaired) electrons. The summed E-state index contributed by atoms with van der Waals surface area (Å²) in [4.78, 5) is 19.0. The molecule has 0 atom stereocenters. The molecule has 0 aliphatic heterocycles. The Morgan fingerprint density at radius 2 is 1.68 bits per heavy atom. The second-order valence-corrected chi connectivity index (χ2v) is 9.22. The molecule has 0 bridgehead atoms. The van der Waals surface area contributed by atoms with Crippen molar-refractivity contribution in [2.45, 2.75) is 25.8 Å². The molecular weight excluding hydrogens is 506 g/mol. The van der Waals surface area contributed by atoms with Gasteiger partial charge in [-0.25, -0.2) is 9.37 Å². The van der Waals surface area contributed by atoms with E-state index in [0.29, 0.717) is 35.1 Å². The molecule has 0 spiro atoms. The molecule has 0 saturated heterocycles. The van der Waals surface area contributed by atoms with Gasteiger partial charge in [-0.2, -0.15) is 13.2 Å². The normalized spacial score (nSPS) is 11.5. The predicted octanol–water partition coefficient (Wildman–Crippen LogP) is 6.76. The molecule has 1 heterocycles. The number of ether oxygens (including phenoxy) is 1. The number of nitrogens with zero attached hydrogens (tertiary/aromatic N) is 2. The van der Waals surface area contributed by atoms with Gasteiger partial charge in [-0.05, 0) is 53.6 Å². The number of hydrogen-bond donors (Lipinski definition) is 1. The van der Waals surface area contributed by atoms with E-state index in [1.165, 1.54) is 41.7 Å². The standard InChI is InChI=1S/C27H23F4N3O2S/c1-36-23-11-5-18(6-12-23)14-34(15-19-3-2-4-20(13-19)27(29,30)31)16-25-33-24(17-37-25)26(35)32-22-9-7-21(28)8-10-22/h2-13,17H,14-16H2,1H3,(H,32,35). The van der Waals surface area contributed by atoms with E-state index in [1.54, 1.807) is 18.6 Å². The van der Waals surface area contributed by atoms with Crippen molar-refractivity contribution in [3.05, 3.63) is 111 Å². The molecule has 4 aromatic rings. The first-order valence-corrected chi connectivity index (χ1v) is 12.1. The van der Waals surface area contributed by atoms with Gasteiger partial charge in [0.1, 0.15) is 22.3 Å². The zero-order valence-electron chi connectivity index (χ0n) is 19.8. The SMILES string of the molecule is COc1ccc(CN(Cc2cccc(C(F)(F)F)c2)Cc2nc(C(=O)Nc3ccc(F)cc3)cs2)cc1. The molecule has 0 unspecified atom stereocenters. The summed E-state index contributed by atoms with van der Waals surface area (Å²) in [7, 11) is 1.57. The van der Waals surface area contributed by atoms with Gasteiger partial charge in [0.15, 0.2) is 0 Å². The first-order valence-electron chi connectivity index (χ1n) is 11.2. The van der Waals surface area contributed by atoms with E-state index >= 15 is 0 Å². The number of rotatable bonds is 9. The zero-order valence-corrected chi connectivity index (χ0v) is 20.6. The Bertz CT molecular complexity index is 1340. The second kappa shape index (κ2) is 11.5. The number of anilines is 1. The highest BCUT2D eigenvalue weighted by atomic mass is 32.1. The van der Waals surface area contributed by atoms with Gasteiger partial charge >= 0.3 is 6.18 Å². The highest BCUT2D eigenvalue weighted by Gasteiger charge is 2.30. The van der Waals surface area contributed by atoms with Gasteiger partial charge in [0.05, 0.1) is 19.2 Å². The fourth-order valence-corrected chi connectivity index (χ4v) is 4.48. The number of halogens is 4. The van der Waals surface area contributed by atoms with Crippen molar-refractivity contribution in [3.63, 3.8) is 0 Å². The van der Waals surface area contributed by atoms with Crippen LogP contribution in [0.3, 0.4) is 0 Å². The summed E-state index contributed by atoms with van der Waals surface area (Å²) in [5.74, 6) is -0.148. The number of benzene rings is 3. The number of methoxy groups -OCH3 is 1. The minimum atomic E-state index is -4.43. The minimum Gasteiger partial charge on any atom is -0.497 e. The van der Waals surface area contributed by atoms with Crippen LogP contribution in [-0.4, -0.2) is 22.9 Å². The van der Waals surface area contributed by atoms with E-state index in [9.17, 15) is 22.4 Å². The maximum Gasteiger partial charge on any atom is 0.416 e. The molecule has 1 aromatic heterocycles. The maximum atomic E-state index is 13.2.